The maximum Gasteiger partial charge on any atom is 0.265 e. The van der Waals surface area contributed by atoms with Crippen LogP contribution in [0.3, 0.4) is 0 Å². The fourth-order valence-electron chi connectivity index (χ4n) is 3.06. The normalized spacial score (nSPS) is 18.8. The van der Waals surface area contributed by atoms with Gasteiger partial charge in [0.05, 0.1) is 25.5 Å². The second-order valence-electron chi connectivity index (χ2n) is 5.88. The highest BCUT2D eigenvalue weighted by atomic mass is 16.6. The fraction of sp³-hybridized carbons (Fsp3) is 0.412. The molecule has 1 aromatic heterocycles. The number of rotatable bonds is 3. The Morgan fingerprint density at radius 1 is 1.38 bits per heavy atom. The van der Waals surface area contributed by atoms with E-state index in [-0.39, 0.29) is 12.5 Å². The van der Waals surface area contributed by atoms with E-state index < -0.39 is 6.10 Å². The van der Waals surface area contributed by atoms with Gasteiger partial charge in [0.1, 0.15) is 6.61 Å². The van der Waals surface area contributed by atoms with E-state index in [0.29, 0.717) is 31.3 Å². The molecule has 0 saturated heterocycles. The molecule has 7 nitrogen and oxygen atoms in total. The molecule has 0 saturated carbocycles. The number of ether oxygens (including phenoxy) is 3. The number of nitrogens with zero attached hydrogens (tertiary/aromatic N) is 2. The van der Waals surface area contributed by atoms with Crippen molar-refractivity contribution in [1.29, 1.82) is 0 Å². The average molecular weight is 329 g/mol. The fourth-order valence-corrected chi connectivity index (χ4v) is 3.06. The number of carbonyl (C=O) groups is 1. The summed E-state index contributed by atoms with van der Waals surface area (Å²) < 4.78 is 18.7. The molecular formula is C17H19N3O4. The predicted molar refractivity (Wildman–Crippen MR) is 84.8 cm³/mol. The summed E-state index contributed by atoms with van der Waals surface area (Å²) in [5, 5.41) is 7.38. The van der Waals surface area contributed by atoms with Crippen molar-refractivity contribution in [1.82, 2.24) is 15.1 Å². The lowest BCUT2D eigenvalue weighted by Gasteiger charge is -2.25. The quantitative estimate of drug-likeness (QED) is 0.907. The van der Waals surface area contributed by atoms with E-state index in [9.17, 15) is 4.79 Å². The Labute approximate surface area is 139 Å². The van der Waals surface area contributed by atoms with Crippen molar-refractivity contribution in [2.75, 3.05) is 13.2 Å². The van der Waals surface area contributed by atoms with Crippen LogP contribution in [0.2, 0.25) is 0 Å². The Bertz CT molecular complexity index is 771. The summed E-state index contributed by atoms with van der Waals surface area (Å²) in [4.78, 5) is 12.4. The molecule has 24 heavy (non-hydrogen) atoms. The SMILES string of the molecule is Cn1nc(CNC(=O)[C@H]2COc3ccccc3O2)c2c1CCOC2. The van der Waals surface area contributed by atoms with Crippen LogP contribution in [-0.2, 0) is 36.2 Å². The Hall–Kier alpha value is -2.54. The molecule has 1 amide bonds. The van der Waals surface area contributed by atoms with E-state index in [4.69, 9.17) is 14.2 Å². The van der Waals surface area contributed by atoms with E-state index in [1.807, 2.05) is 29.9 Å². The van der Waals surface area contributed by atoms with Crippen LogP contribution in [0.5, 0.6) is 11.5 Å². The number of aryl methyl sites for hydroxylation is 1. The number of aromatic nitrogens is 2. The summed E-state index contributed by atoms with van der Waals surface area (Å²) in [6.07, 6.45) is 0.194. The first-order valence-corrected chi connectivity index (χ1v) is 8.00. The molecule has 1 N–H and O–H groups in total. The van der Waals surface area contributed by atoms with Gasteiger partial charge in [-0.25, -0.2) is 0 Å². The zero-order valence-corrected chi connectivity index (χ0v) is 13.4. The molecule has 7 heteroatoms. The lowest BCUT2D eigenvalue weighted by molar-refractivity contribution is -0.130. The van der Waals surface area contributed by atoms with Crippen LogP contribution in [0.25, 0.3) is 0 Å². The van der Waals surface area contributed by atoms with E-state index in [1.54, 1.807) is 6.07 Å². The van der Waals surface area contributed by atoms with Crippen molar-refractivity contribution in [3.63, 3.8) is 0 Å². The minimum atomic E-state index is -0.657. The molecule has 2 aliphatic heterocycles. The lowest BCUT2D eigenvalue weighted by Crippen LogP contribution is -2.43. The highest BCUT2D eigenvalue weighted by Gasteiger charge is 2.28. The van der Waals surface area contributed by atoms with Crippen LogP contribution in [0.1, 0.15) is 17.0 Å². The first-order chi connectivity index (χ1) is 11.7. The van der Waals surface area contributed by atoms with Crippen LogP contribution in [0, 0.1) is 0 Å². The van der Waals surface area contributed by atoms with Gasteiger partial charge in [0, 0.05) is 24.7 Å². The summed E-state index contributed by atoms with van der Waals surface area (Å²) >= 11 is 0. The number of hydrogen-bond donors (Lipinski definition) is 1. The molecule has 0 unspecified atom stereocenters. The highest BCUT2D eigenvalue weighted by molar-refractivity contribution is 5.81. The molecule has 0 aliphatic carbocycles. The molecule has 0 fully saturated rings. The molecule has 3 heterocycles. The molecule has 1 aromatic carbocycles. The summed E-state index contributed by atoms with van der Waals surface area (Å²) in [5.74, 6) is 1.05. The van der Waals surface area contributed by atoms with Crippen molar-refractivity contribution < 1.29 is 19.0 Å². The van der Waals surface area contributed by atoms with Crippen molar-refractivity contribution in [2.45, 2.75) is 25.7 Å². The zero-order valence-electron chi connectivity index (χ0n) is 13.4. The number of hydrogen-bond acceptors (Lipinski definition) is 5. The molecule has 1 atom stereocenters. The Morgan fingerprint density at radius 2 is 2.21 bits per heavy atom. The third-order valence-corrected chi connectivity index (χ3v) is 4.32. The van der Waals surface area contributed by atoms with Crippen LogP contribution in [0.15, 0.2) is 24.3 Å². The van der Waals surface area contributed by atoms with Gasteiger partial charge in [-0.15, -0.1) is 0 Å². The zero-order chi connectivity index (χ0) is 16.5. The maximum absolute atomic E-state index is 12.4. The maximum atomic E-state index is 12.4. The van der Waals surface area contributed by atoms with Crippen LogP contribution >= 0.6 is 0 Å². The Balaban J connectivity index is 1.41. The van der Waals surface area contributed by atoms with Crippen molar-refractivity contribution in [3.05, 3.63) is 41.2 Å². The standard InChI is InChI=1S/C17H19N3O4/c1-20-13-6-7-22-9-11(13)12(19-20)8-18-17(21)16-10-23-14-4-2-3-5-15(14)24-16/h2-5,16H,6-10H2,1H3,(H,18,21)/t16-/m1/s1. The summed E-state index contributed by atoms with van der Waals surface area (Å²) in [6.45, 7) is 1.81. The van der Waals surface area contributed by atoms with Gasteiger partial charge in [-0.1, -0.05) is 12.1 Å². The van der Waals surface area contributed by atoms with E-state index >= 15 is 0 Å². The third kappa shape index (κ3) is 2.71. The van der Waals surface area contributed by atoms with Gasteiger partial charge in [-0.05, 0) is 12.1 Å². The molecule has 2 aromatic rings. The predicted octanol–water partition coefficient (Wildman–Crippen LogP) is 0.949. The van der Waals surface area contributed by atoms with E-state index in [2.05, 4.69) is 10.4 Å². The Morgan fingerprint density at radius 3 is 3.08 bits per heavy atom. The first kappa shape index (κ1) is 15.0. The highest BCUT2D eigenvalue weighted by Crippen LogP contribution is 2.30. The molecule has 0 radical (unpaired) electrons. The number of amides is 1. The molecule has 2 aliphatic rings. The van der Waals surface area contributed by atoms with Crippen LogP contribution in [0.4, 0.5) is 0 Å². The summed E-state index contributed by atoms with van der Waals surface area (Å²) in [6, 6.07) is 7.34. The second-order valence-corrected chi connectivity index (χ2v) is 5.88. The van der Waals surface area contributed by atoms with Gasteiger partial charge in [0.2, 0.25) is 6.10 Å². The largest absolute Gasteiger partial charge is 0.485 e. The molecule has 0 bridgehead atoms. The summed E-state index contributed by atoms with van der Waals surface area (Å²) in [5.41, 5.74) is 3.10. The van der Waals surface area contributed by atoms with E-state index in [1.165, 1.54) is 5.69 Å². The van der Waals surface area contributed by atoms with Crippen LogP contribution < -0.4 is 14.8 Å². The average Bonchev–Trinajstić information content (AvgIpc) is 2.95. The lowest BCUT2D eigenvalue weighted by atomic mass is 10.1. The smallest absolute Gasteiger partial charge is 0.265 e. The van der Waals surface area contributed by atoms with Gasteiger partial charge in [-0.2, -0.15) is 5.10 Å². The number of fused-ring (bicyclic) bond motifs is 2. The number of para-hydroxylation sites is 2. The topological polar surface area (TPSA) is 74.6 Å². The third-order valence-electron chi connectivity index (χ3n) is 4.32. The first-order valence-electron chi connectivity index (χ1n) is 8.00. The number of benzene rings is 1. The van der Waals surface area contributed by atoms with Crippen molar-refractivity contribution in [3.8, 4) is 11.5 Å². The van der Waals surface area contributed by atoms with Gasteiger partial charge in [-0.3, -0.25) is 9.48 Å². The van der Waals surface area contributed by atoms with E-state index in [0.717, 1.165) is 17.7 Å². The van der Waals surface area contributed by atoms with Gasteiger partial charge < -0.3 is 19.5 Å². The van der Waals surface area contributed by atoms with Gasteiger partial charge >= 0.3 is 0 Å². The molecular weight excluding hydrogens is 310 g/mol. The number of carbonyl (C=O) groups excluding carboxylic acids is 1. The summed E-state index contributed by atoms with van der Waals surface area (Å²) in [7, 11) is 1.92. The minimum absolute atomic E-state index is 0.201. The van der Waals surface area contributed by atoms with Crippen molar-refractivity contribution in [2.24, 2.45) is 7.05 Å². The molecule has 4 rings (SSSR count). The monoisotopic (exact) mass is 329 g/mol. The second kappa shape index (κ2) is 6.16. The van der Waals surface area contributed by atoms with Gasteiger partial charge in [0.15, 0.2) is 11.5 Å². The Kier molecular flexibility index (Phi) is 3.86. The van der Waals surface area contributed by atoms with Gasteiger partial charge in [0.25, 0.3) is 5.91 Å². The molecule has 0 spiro atoms. The number of nitrogens with one attached hydrogen (secondary N) is 1. The molecule has 126 valence electrons. The minimum Gasteiger partial charge on any atom is -0.485 e. The van der Waals surface area contributed by atoms with Crippen molar-refractivity contribution >= 4 is 5.91 Å². The van der Waals surface area contributed by atoms with Crippen LogP contribution in [-0.4, -0.2) is 35.0 Å².